The molecule has 0 fully saturated rings. The molecular weight excluding hydrogens is 317 g/mol. The number of amides is 1. The van der Waals surface area contributed by atoms with E-state index in [-0.39, 0.29) is 18.9 Å². The lowest BCUT2D eigenvalue weighted by Crippen LogP contribution is -2.29. The first-order chi connectivity index (χ1) is 9.58. The quantitative estimate of drug-likeness (QED) is 0.882. The van der Waals surface area contributed by atoms with Gasteiger partial charge in [-0.3, -0.25) is 4.79 Å². The van der Waals surface area contributed by atoms with Gasteiger partial charge in [0.2, 0.25) is 5.91 Å². The molecule has 106 valence electrons. The Labute approximate surface area is 131 Å². The standard InChI is InChI=1S/C14H13Cl2NO2S/c15-11-2-1-3-12(16)10(11)6-14(19)17-7-13(18)9-4-5-20-8-9/h1-5,8,13,18H,6-7H2,(H,17,19). The van der Waals surface area contributed by atoms with Crippen LogP contribution < -0.4 is 5.32 Å². The summed E-state index contributed by atoms with van der Waals surface area (Å²) in [4.78, 5) is 11.9. The minimum Gasteiger partial charge on any atom is -0.387 e. The van der Waals surface area contributed by atoms with Crippen LogP contribution >= 0.6 is 34.5 Å². The van der Waals surface area contributed by atoms with Crippen LogP contribution in [-0.2, 0) is 11.2 Å². The maximum absolute atomic E-state index is 11.9. The van der Waals surface area contributed by atoms with E-state index in [1.54, 1.807) is 18.2 Å². The fourth-order valence-electron chi connectivity index (χ4n) is 1.72. The first-order valence-electron chi connectivity index (χ1n) is 5.97. The molecule has 2 rings (SSSR count). The third-order valence-corrected chi connectivity index (χ3v) is 4.23. The van der Waals surface area contributed by atoms with Crippen LogP contribution in [0.5, 0.6) is 0 Å². The lowest BCUT2D eigenvalue weighted by Gasteiger charge is -2.11. The molecule has 1 amide bonds. The van der Waals surface area contributed by atoms with Gasteiger partial charge in [0.1, 0.15) is 0 Å². The Morgan fingerprint density at radius 3 is 2.60 bits per heavy atom. The summed E-state index contributed by atoms with van der Waals surface area (Å²) in [5, 5.41) is 17.2. The van der Waals surface area contributed by atoms with Gasteiger partial charge in [0.05, 0.1) is 12.5 Å². The third kappa shape index (κ3) is 3.96. The van der Waals surface area contributed by atoms with Gasteiger partial charge in [-0.25, -0.2) is 0 Å². The van der Waals surface area contributed by atoms with Gasteiger partial charge in [0.25, 0.3) is 0 Å². The molecule has 20 heavy (non-hydrogen) atoms. The molecule has 0 radical (unpaired) electrons. The summed E-state index contributed by atoms with van der Waals surface area (Å²) in [5.41, 5.74) is 1.39. The molecule has 1 aromatic carbocycles. The molecule has 0 aliphatic carbocycles. The van der Waals surface area contributed by atoms with Crippen molar-refractivity contribution < 1.29 is 9.90 Å². The van der Waals surface area contributed by atoms with Crippen LogP contribution in [0.2, 0.25) is 10.0 Å². The number of nitrogens with one attached hydrogen (secondary N) is 1. The highest BCUT2D eigenvalue weighted by molar-refractivity contribution is 7.07. The Kier molecular flexibility index (Phi) is 5.43. The van der Waals surface area contributed by atoms with Crippen molar-refractivity contribution in [3.8, 4) is 0 Å². The van der Waals surface area contributed by atoms with Gasteiger partial charge in [-0.15, -0.1) is 0 Å². The smallest absolute Gasteiger partial charge is 0.224 e. The zero-order chi connectivity index (χ0) is 14.5. The van der Waals surface area contributed by atoms with E-state index in [0.29, 0.717) is 15.6 Å². The first-order valence-corrected chi connectivity index (χ1v) is 7.67. The Hall–Kier alpha value is -1.07. The maximum Gasteiger partial charge on any atom is 0.224 e. The highest BCUT2D eigenvalue weighted by Crippen LogP contribution is 2.24. The largest absolute Gasteiger partial charge is 0.387 e. The predicted molar refractivity (Wildman–Crippen MR) is 82.5 cm³/mol. The van der Waals surface area contributed by atoms with Crippen LogP contribution in [0, 0.1) is 0 Å². The number of aliphatic hydroxyl groups is 1. The lowest BCUT2D eigenvalue weighted by molar-refractivity contribution is -0.120. The number of thiophene rings is 1. The SMILES string of the molecule is O=C(Cc1c(Cl)cccc1Cl)NCC(O)c1ccsc1. The summed E-state index contributed by atoms with van der Waals surface area (Å²) in [6.45, 7) is 0.164. The molecule has 0 spiro atoms. The van der Waals surface area contributed by atoms with Crippen molar-refractivity contribution >= 4 is 40.4 Å². The van der Waals surface area contributed by atoms with Crippen LogP contribution in [0.1, 0.15) is 17.2 Å². The molecule has 2 N–H and O–H groups in total. The Bertz CT molecular complexity index is 567. The minimum absolute atomic E-state index is 0.0921. The molecule has 0 aliphatic heterocycles. The number of rotatable bonds is 5. The van der Waals surface area contributed by atoms with E-state index in [0.717, 1.165) is 5.56 Å². The summed E-state index contributed by atoms with van der Waals surface area (Å²) in [7, 11) is 0. The van der Waals surface area contributed by atoms with Crippen LogP contribution in [0.3, 0.4) is 0 Å². The number of hydrogen-bond donors (Lipinski definition) is 2. The summed E-state index contributed by atoms with van der Waals surface area (Å²) >= 11 is 13.5. The number of aliphatic hydroxyl groups excluding tert-OH is 1. The van der Waals surface area contributed by atoms with E-state index in [1.807, 2.05) is 16.8 Å². The average Bonchev–Trinajstić information content (AvgIpc) is 2.94. The minimum atomic E-state index is -0.702. The molecule has 2 aromatic rings. The number of halogens is 2. The Morgan fingerprint density at radius 1 is 1.30 bits per heavy atom. The molecule has 3 nitrogen and oxygen atoms in total. The zero-order valence-electron chi connectivity index (χ0n) is 10.5. The van der Waals surface area contributed by atoms with Crippen LogP contribution in [0.4, 0.5) is 0 Å². The highest BCUT2D eigenvalue weighted by atomic mass is 35.5. The number of hydrogen-bond acceptors (Lipinski definition) is 3. The van der Waals surface area contributed by atoms with Gasteiger partial charge >= 0.3 is 0 Å². The monoisotopic (exact) mass is 329 g/mol. The molecule has 1 heterocycles. The van der Waals surface area contributed by atoms with Gasteiger partial charge in [0.15, 0.2) is 0 Å². The maximum atomic E-state index is 11.9. The van der Waals surface area contributed by atoms with Crippen molar-refractivity contribution in [3.05, 3.63) is 56.2 Å². The van der Waals surface area contributed by atoms with Crippen LogP contribution in [0.25, 0.3) is 0 Å². The summed E-state index contributed by atoms with van der Waals surface area (Å²) in [6, 6.07) is 6.94. The fraction of sp³-hybridized carbons (Fsp3) is 0.214. The van der Waals surface area contributed by atoms with Crippen molar-refractivity contribution in [2.45, 2.75) is 12.5 Å². The number of carbonyl (C=O) groups is 1. The average molecular weight is 330 g/mol. The second kappa shape index (κ2) is 7.09. The van der Waals surface area contributed by atoms with Gasteiger partial charge in [0, 0.05) is 16.6 Å². The summed E-state index contributed by atoms with van der Waals surface area (Å²) in [6.07, 6.45) is -0.610. The third-order valence-electron chi connectivity index (χ3n) is 2.82. The van der Waals surface area contributed by atoms with Gasteiger partial charge in [-0.05, 0) is 40.1 Å². The van der Waals surface area contributed by atoms with Gasteiger partial charge in [-0.1, -0.05) is 29.3 Å². The molecule has 0 saturated carbocycles. The summed E-state index contributed by atoms with van der Waals surface area (Å²) in [5.74, 6) is -0.228. The lowest BCUT2D eigenvalue weighted by atomic mass is 10.1. The van der Waals surface area contributed by atoms with Crippen molar-refractivity contribution in [1.82, 2.24) is 5.32 Å². The molecule has 0 aliphatic rings. The normalized spacial score (nSPS) is 12.2. The Balaban J connectivity index is 1.90. The fourth-order valence-corrected chi connectivity index (χ4v) is 2.96. The summed E-state index contributed by atoms with van der Waals surface area (Å²) < 4.78 is 0. The predicted octanol–water partition coefficient (Wildman–Crippen LogP) is 3.45. The van der Waals surface area contributed by atoms with Crippen molar-refractivity contribution in [2.75, 3.05) is 6.54 Å². The number of carbonyl (C=O) groups excluding carboxylic acids is 1. The molecule has 1 aromatic heterocycles. The van der Waals surface area contributed by atoms with Crippen molar-refractivity contribution in [2.24, 2.45) is 0 Å². The second-order valence-electron chi connectivity index (χ2n) is 4.25. The molecular formula is C14H13Cl2NO2S. The van der Waals surface area contributed by atoms with E-state index in [1.165, 1.54) is 11.3 Å². The number of benzene rings is 1. The van der Waals surface area contributed by atoms with E-state index in [4.69, 9.17) is 23.2 Å². The van der Waals surface area contributed by atoms with Crippen LogP contribution in [0.15, 0.2) is 35.0 Å². The topological polar surface area (TPSA) is 49.3 Å². The highest BCUT2D eigenvalue weighted by Gasteiger charge is 2.13. The molecule has 1 atom stereocenters. The molecule has 6 heteroatoms. The zero-order valence-corrected chi connectivity index (χ0v) is 12.8. The van der Waals surface area contributed by atoms with Crippen LogP contribution in [-0.4, -0.2) is 17.6 Å². The molecule has 0 bridgehead atoms. The van der Waals surface area contributed by atoms with Crippen molar-refractivity contribution in [1.29, 1.82) is 0 Å². The van der Waals surface area contributed by atoms with E-state index in [2.05, 4.69) is 5.32 Å². The van der Waals surface area contributed by atoms with Gasteiger partial charge < -0.3 is 10.4 Å². The van der Waals surface area contributed by atoms with E-state index in [9.17, 15) is 9.90 Å². The first kappa shape index (κ1) is 15.3. The second-order valence-corrected chi connectivity index (χ2v) is 5.85. The van der Waals surface area contributed by atoms with Gasteiger partial charge in [-0.2, -0.15) is 11.3 Å². The van der Waals surface area contributed by atoms with E-state index < -0.39 is 6.10 Å². The van der Waals surface area contributed by atoms with E-state index >= 15 is 0 Å². The van der Waals surface area contributed by atoms with Crippen molar-refractivity contribution in [3.63, 3.8) is 0 Å². The molecule has 1 unspecified atom stereocenters. The molecule has 0 saturated heterocycles. The Morgan fingerprint density at radius 2 is 2.00 bits per heavy atom.